The van der Waals surface area contributed by atoms with Gasteiger partial charge in [-0.2, -0.15) is 5.10 Å². The number of thiazole rings is 1. The Balaban J connectivity index is 1.40. The molecule has 130 valence electrons. The summed E-state index contributed by atoms with van der Waals surface area (Å²) in [5.74, 6) is 0.814. The number of hydrogen-bond donors (Lipinski definition) is 0. The molecule has 0 bridgehead atoms. The van der Waals surface area contributed by atoms with E-state index >= 15 is 0 Å². The third-order valence-corrected chi connectivity index (χ3v) is 5.28. The van der Waals surface area contributed by atoms with E-state index < -0.39 is 0 Å². The Morgan fingerprint density at radius 3 is 3.08 bits per heavy atom. The van der Waals surface area contributed by atoms with Crippen molar-refractivity contribution in [2.24, 2.45) is 0 Å². The van der Waals surface area contributed by atoms with Gasteiger partial charge in [0.15, 0.2) is 0 Å². The SMILES string of the molecule is Cc1csc(CN2Cc3ccnn3[C@@H](CCOc3cccnc3)C2)n1. The van der Waals surface area contributed by atoms with Crippen molar-refractivity contribution in [1.29, 1.82) is 0 Å². The molecule has 0 saturated carbocycles. The smallest absolute Gasteiger partial charge is 0.137 e. The van der Waals surface area contributed by atoms with Crippen LogP contribution in [0.5, 0.6) is 5.75 Å². The standard InChI is InChI=1S/C18H21N5OS/c1-14-13-25-18(21-14)12-22-10-15-4-7-20-23(15)16(11-22)5-8-24-17-3-2-6-19-9-17/h2-4,6-7,9,13,16H,5,8,10-12H2,1H3/t16-/m0/s1. The molecule has 1 aliphatic rings. The highest BCUT2D eigenvalue weighted by atomic mass is 32.1. The van der Waals surface area contributed by atoms with Gasteiger partial charge in [-0.05, 0) is 25.1 Å². The molecule has 1 aliphatic heterocycles. The maximum atomic E-state index is 5.82. The van der Waals surface area contributed by atoms with Crippen molar-refractivity contribution < 1.29 is 4.74 Å². The van der Waals surface area contributed by atoms with Gasteiger partial charge in [-0.25, -0.2) is 4.98 Å². The highest BCUT2D eigenvalue weighted by molar-refractivity contribution is 7.09. The number of pyridine rings is 1. The van der Waals surface area contributed by atoms with E-state index in [1.807, 2.05) is 25.3 Å². The summed E-state index contributed by atoms with van der Waals surface area (Å²) in [6.45, 7) is 5.47. The number of ether oxygens (including phenoxy) is 1. The van der Waals surface area contributed by atoms with Crippen molar-refractivity contribution in [2.45, 2.75) is 32.5 Å². The largest absolute Gasteiger partial charge is 0.492 e. The van der Waals surface area contributed by atoms with Crippen LogP contribution in [0, 0.1) is 6.92 Å². The van der Waals surface area contributed by atoms with E-state index in [1.54, 1.807) is 23.7 Å². The highest BCUT2D eigenvalue weighted by Gasteiger charge is 2.26. The van der Waals surface area contributed by atoms with Crippen LogP contribution in [0.15, 0.2) is 42.2 Å². The molecule has 0 N–H and O–H groups in total. The predicted octanol–water partition coefficient (Wildman–Crippen LogP) is 3.07. The molecule has 0 spiro atoms. The average molecular weight is 355 g/mol. The lowest BCUT2D eigenvalue weighted by Crippen LogP contribution is -2.37. The molecule has 3 aromatic rings. The molecular formula is C18H21N5OS. The first kappa shape index (κ1) is 16.2. The Morgan fingerprint density at radius 2 is 2.28 bits per heavy atom. The van der Waals surface area contributed by atoms with E-state index in [4.69, 9.17) is 4.74 Å². The fourth-order valence-corrected chi connectivity index (χ4v) is 4.02. The predicted molar refractivity (Wildman–Crippen MR) is 96.6 cm³/mol. The minimum absolute atomic E-state index is 0.316. The van der Waals surface area contributed by atoms with Crippen molar-refractivity contribution >= 4 is 11.3 Å². The number of aromatic nitrogens is 4. The Morgan fingerprint density at radius 1 is 1.32 bits per heavy atom. The van der Waals surface area contributed by atoms with E-state index in [0.29, 0.717) is 12.6 Å². The second kappa shape index (κ2) is 7.33. The first-order valence-electron chi connectivity index (χ1n) is 8.46. The van der Waals surface area contributed by atoms with Crippen LogP contribution < -0.4 is 4.74 Å². The number of fused-ring (bicyclic) bond motifs is 1. The Bertz CT molecular complexity index is 816. The Hall–Kier alpha value is -2.25. The van der Waals surface area contributed by atoms with Crippen LogP contribution in [0.2, 0.25) is 0 Å². The average Bonchev–Trinajstić information content (AvgIpc) is 3.25. The Labute approximate surface area is 151 Å². The van der Waals surface area contributed by atoms with Gasteiger partial charge >= 0.3 is 0 Å². The molecule has 7 heteroatoms. The second-order valence-corrected chi connectivity index (χ2v) is 7.24. The normalized spacial score (nSPS) is 17.4. The summed E-state index contributed by atoms with van der Waals surface area (Å²) in [5.41, 5.74) is 2.36. The molecule has 6 nitrogen and oxygen atoms in total. The lowest BCUT2D eigenvalue weighted by Gasteiger charge is -2.33. The molecule has 4 rings (SSSR count). The number of nitrogens with zero attached hydrogens (tertiary/aromatic N) is 5. The fourth-order valence-electron chi connectivity index (χ4n) is 3.21. The van der Waals surface area contributed by atoms with Crippen molar-refractivity contribution in [3.63, 3.8) is 0 Å². The van der Waals surface area contributed by atoms with Gasteiger partial charge in [-0.1, -0.05) is 0 Å². The topological polar surface area (TPSA) is 56.1 Å². The zero-order chi connectivity index (χ0) is 17.1. The van der Waals surface area contributed by atoms with Crippen molar-refractivity contribution in [3.05, 3.63) is 58.6 Å². The summed E-state index contributed by atoms with van der Waals surface area (Å²) in [6.07, 6.45) is 6.30. The van der Waals surface area contributed by atoms with Gasteiger partial charge in [0.2, 0.25) is 0 Å². The monoisotopic (exact) mass is 355 g/mol. The van der Waals surface area contributed by atoms with Crippen LogP contribution in [-0.2, 0) is 13.1 Å². The van der Waals surface area contributed by atoms with Gasteiger partial charge in [0.05, 0.1) is 31.1 Å². The minimum Gasteiger partial charge on any atom is -0.492 e. The van der Waals surface area contributed by atoms with Gasteiger partial charge in [0.1, 0.15) is 10.8 Å². The van der Waals surface area contributed by atoms with Gasteiger partial charge in [0.25, 0.3) is 0 Å². The second-order valence-electron chi connectivity index (χ2n) is 6.30. The van der Waals surface area contributed by atoms with Gasteiger partial charge in [-0.15, -0.1) is 11.3 Å². The molecule has 3 aromatic heterocycles. The van der Waals surface area contributed by atoms with Crippen LogP contribution in [0.1, 0.15) is 28.9 Å². The first-order valence-corrected chi connectivity index (χ1v) is 9.34. The van der Waals surface area contributed by atoms with Crippen LogP contribution in [-0.4, -0.2) is 37.8 Å². The van der Waals surface area contributed by atoms with E-state index in [9.17, 15) is 0 Å². The van der Waals surface area contributed by atoms with Crippen molar-refractivity contribution in [3.8, 4) is 5.75 Å². The number of aryl methyl sites for hydroxylation is 1. The van der Waals surface area contributed by atoms with Gasteiger partial charge < -0.3 is 4.74 Å². The minimum atomic E-state index is 0.316. The summed E-state index contributed by atoms with van der Waals surface area (Å²) in [6, 6.07) is 6.24. The van der Waals surface area contributed by atoms with Crippen LogP contribution in [0.25, 0.3) is 0 Å². The maximum Gasteiger partial charge on any atom is 0.137 e. The number of hydrogen-bond acceptors (Lipinski definition) is 6. The molecular weight excluding hydrogens is 334 g/mol. The maximum absolute atomic E-state index is 5.82. The van der Waals surface area contributed by atoms with Crippen molar-refractivity contribution in [2.75, 3.05) is 13.2 Å². The summed E-state index contributed by atoms with van der Waals surface area (Å²) < 4.78 is 7.97. The summed E-state index contributed by atoms with van der Waals surface area (Å²) >= 11 is 1.74. The summed E-state index contributed by atoms with van der Waals surface area (Å²) in [7, 11) is 0. The number of rotatable bonds is 6. The van der Waals surface area contributed by atoms with Gasteiger partial charge in [0, 0.05) is 43.0 Å². The zero-order valence-corrected chi connectivity index (χ0v) is 15.0. The van der Waals surface area contributed by atoms with Crippen molar-refractivity contribution in [1.82, 2.24) is 24.6 Å². The quantitative estimate of drug-likeness (QED) is 0.680. The molecule has 4 heterocycles. The lowest BCUT2D eigenvalue weighted by atomic mass is 10.1. The summed E-state index contributed by atoms with van der Waals surface area (Å²) in [4.78, 5) is 11.1. The first-order chi connectivity index (χ1) is 12.3. The highest BCUT2D eigenvalue weighted by Crippen LogP contribution is 2.25. The third kappa shape index (κ3) is 3.88. The molecule has 0 aliphatic carbocycles. The van der Waals surface area contributed by atoms with E-state index in [2.05, 4.69) is 36.1 Å². The molecule has 0 radical (unpaired) electrons. The van der Waals surface area contributed by atoms with E-state index in [1.165, 1.54) is 10.7 Å². The lowest BCUT2D eigenvalue weighted by molar-refractivity contribution is 0.147. The summed E-state index contributed by atoms with van der Waals surface area (Å²) in [5, 5.41) is 7.81. The molecule has 0 aromatic carbocycles. The molecule has 25 heavy (non-hydrogen) atoms. The fraction of sp³-hybridized carbons (Fsp3) is 0.389. The molecule has 0 saturated heterocycles. The molecule has 0 amide bonds. The van der Waals surface area contributed by atoms with Gasteiger partial charge in [-0.3, -0.25) is 14.6 Å². The van der Waals surface area contributed by atoms with E-state index in [0.717, 1.165) is 37.5 Å². The van der Waals surface area contributed by atoms with E-state index in [-0.39, 0.29) is 0 Å². The molecule has 0 unspecified atom stereocenters. The molecule has 0 fully saturated rings. The van der Waals surface area contributed by atoms with Crippen LogP contribution in [0.4, 0.5) is 0 Å². The Kier molecular flexibility index (Phi) is 4.76. The van der Waals surface area contributed by atoms with Crippen LogP contribution >= 0.6 is 11.3 Å². The molecule has 1 atom stereocenters. The third-order valence-electron chi connectivity index (χ3n) is 4.33. The zero-order valence-electron chi connectivity index (χ0n) is 14.2. The van der Waals surface area contributed by atoms with Crippen LogP contribution in [0.3, 0.4) is 0 Å².